The van der Waals surface area contributed by atoms with E-state index >= 15 is 0 Å². The van der Waals surface area contributed by atoms with Crippen molar-refractivity contribution in [1.29, 1.82) is 0 Å². The van der Waals surface area contributed by atoms with Crippen LogP contribution in [0.1, 0.15) is 44.4 Å². The number of carbonyl (C=O) groups is 1. The third-order valence-corrected chi connectivity index (χ3v) is 4.40. The molecular formula is C18H24N2O2. The molecule has 1 aromatic carbocycles. The molecule has 0 N–H and O–H groups in total. The smallest absolute Gasteiger partial charge is 0.410 e. The number of aromatic nitrogens is 1. The monoisotopic (exact) mass is 300 g/mol. The number of aryl methyl sites for hydroxylation is 1. The maximum atomic E-state index is 12.0. The van der Waals surface area contributed by atoms with E-state index in [2.05, 4.69) is 35.8 Å². The normalized spacial score (nSPS) is 13.6. The quantitative estimate of drug-likeness (QED) is 0.771. The maximum absolute atomic E-state index is 12.0. The molecule has 118 valence electrons. The lowest BCUT2D eigenvalue weighted by molar-refractivity contribution is 0.106. The summed E-state index contributed by atoms with van der Waals surface area (Å²) in [5, 5.41) is 1.28. The fraction of sp³-hybridized carbons (Fsp3) is 0.500. The van der Waals surface area contributed by atoms with Crippen molar-refractivity contribution < 1.29 is 9.53 Å². The summed E-state index contributed by atoms with van der Waals surface area (Å²) in [6.45, 7) is 6.85. The highest BCUT2D eigenvalue weighted by atomic mass is 16.6. The molecule has 1 aliphatic rings. The van der Waals surface area contributed by atoms with Crippen molar-refractivity contribution >= 4 is 17.0 Å². The van der Waals surface area contributed by atoms with Gasteiger partial charge in [-0.15, -0.1) is 0 Å². The van der Waals surface area contributed by atoms with E-state index in [0.29, 0.717) is 19.7 Å². The van der Waals surface area contributed by atoms with Gasteiger partial charge < -0.3 is 9.30 Å². The van der Waals surface area contributed by atoms with Crippen molar-refractivity contribution in [3.05, 3.63) is 35.5 Å². The first-order valence-corrected chi connectivity index (χ1v) is 8.27. The Hall–Kier alpha value is -1.97. The summed E-state index contributed by atoms with van der Waals surface area (Å²) in [4.78, 5) is 13.8. The van der Waals surface area contributed by atoms with Gasteiger partial charge in [-0.3, -0.25) is 4.90 Å². The Morgan fingerprint density at radius 2 is 2.00 bits per heavy atom. The largest absolute Gasteiger partial charge is 0.450 e. The minimum absolute atomic E-state index is 0.206. The van der Waals surface area contributed by atoms with Gasteiger partial charge in [0.15, 0.2) is 0 Å². The minimum Gasteiger partial charge on any atom is -0.450 e. The summed E-state index contributed by atoms with van der Waals surface area (Å²) >= 11 is 0. The van der Waals surface area contributed by atoms with Gasteiger partial charge in [-0.05, 0) is 19.4 Å². The molecule has 0 aliphatic carbocycles. The van der Waals surface area contributed by atoms with Gasteiger partial charge in [-0.25, -0.2) is 4.79 Å². The molecule has 2 aromatic rings. The average Bonchev–Trinajstić information content (AvgIpc) is 3.07. The second-order valence-electron chi connectivity index (χ2n) is 5.86. The Morgan fingerprint density at radius 3 is 2.77 bits per heavy atom. The SMILES string of the molecule is CCCCCn1c2c(c3ccccc31)CN(C(=O)OCC)C2. The van der Waals surface area contributed by atoms with Gasteiger partial charge in [0.25, 0.3) is 0 Å². The zero-order valence-corrected chi connectivity index (χ0v) is 13.5. The van der Waals surface area contributed by atoms with E-state index in [4.69, 9.17) is 4.74 Å². The van der Waals surface area contributed by atoms with Crippen molar-refractivity contribution in [2.75, 3.05) is 6.61 Å². The summed E-state index contributed by atoms with van der Waals surface area (Å²) in [5.41, 5.74) is 3.87. The second kappa shape index (κ2) is 6.42. The van der Waals surface area contributed by atoms with Crippen molar-refractivity contribution in [2.24, 2.45) is 0 Å². The first-order valence-electron chi connectivity index (χ1n) is 8.27. The van der Waals surface area contributed by atoms with Crippen LogP contribution in [-0.4, -0.2) is 22.2 Å². The molecule has 1 aromatic heterocycles. The lowest BCUT2D eigenvalue weighted by atomic mass is 10.1. The first-order chi connectivity index (χ1) is 10.8. The Morgan fingerprint density at radius 1 is 1.18 bits per heavy atom. The Labute approximate surface area is 131 Å². The van der Waals surface area contributed by atoms with Crippen molar-refractivity contribution in [1.82, 2.24) is 9.47 Å². The molecular weight excluding hydrogens is 276 g/mol. The van der Waals surface area contributed by atoms with Crippen LogP contribution in [0.15, 0.2) is 24.3 Å². The molecule has 1 amide bonds. The van der Waals surface area contributed by atoms with Gasteiger partial charge in [0.05, 0.1) is 19.7 Å². The summed E-state index contributed by atoms with van der Waals surface area (Å²) in [5.74, 6) is 0. The van der Waals surface area contributed by atoms with E-state index < -0.39 is 0 Å². The molecule has 0 saturated heterocycles. The van der Waals surface area contributed by atoms with Crippen LogP contribution in [0.5, 0.6) is 0 Å². The molecule has 0 radical (unpaired) electrons. The number of rotatable bonds is 5. The molecule has 4 nitrogen and oxygen atoms in total. The van der Waals surface area contributed by atoms with E-state index in [1.165, 1.54) is 41.4 Å². The first kappa shape index (κ1) is 14.9. The summed E-state index contributed by atoms with van der Waals surface area (Å²) in [7, 11) is 0. The molecule has 1 aliphatic heterocycles. The fourth-order valence-electron chi connectivity index (χ4n) is 3.33. The molecule has 0 bridgehead atoms. The number of unbranched alkanes of at least 4 members (excludes halogenated alkanes) is 2. The number of amides is 1. The van der Waals surface area contributed by atoms with Crippen LogP contribution in [0, 0.1) is 0 Å². The predicted molar refractivity (Wildman–Crippen MR) is 87.7 cm³/mol. The van der Waals surface area contributed by atoms with Crippen LogP contribution in [0.4, 0.5) is 4.79 Å². The molecule has 0 fully saturated rings. The topological polar surface area (TPSA) is 34.5 Å². The number of ether oxygens (including phenoxy) is 1. The third-order valence-electron chi connectivity index (χ3n) is 4.40. The van der Waals surface area contributed by atoms with Crippen molar-refractivity contribution in [3.63, 3.8) is 0 Å². The Balaban J connectivity index is 1.92. The maximum Gasteiger partial charge on any atom is 0.410 e. The van der Waals surface area contributed by atoms with E-state index in [1.807, 2.05) is 6.92 Å². The molecule has 0 spiro atoms. The number of carbonyl (C=O) groups excluding carboxylic acids is 1. The molecule has 4 heteroatoms. The highest BCUT2D eigenvalue weighted by molar-refractivity contribution is 5.87. The van der Waals surface area contributed by atoms with E-state index in [1.54, 1.807) is 4.90 Å². The minimum atomic E-state index is -0.206. The summed E-state index contributed by atoms with van der Waals surface area (Å²) < 4.78 is 7.56. The Kier molecular flexibility index (Phi) is 4.36. The molecule has 0 saturated carbocycles. The lowest BCUT2D eigenvalue weighted by Gasteiger charge is -2.16. The molecule has 3 rings (SSSR count). The third kappa shape index (κ3) is 2.58. The van der Waals surface area contributed by atoms with Crippen LogP contribution in [-0.2, 0) is 24.4 Å². The van der Waals surface area contributed by atoms with Gasteiger partial charge in [0, 0.05) is 28.7 Å². The van der Waals surface area contributed by atoms with E-state index in [0.717, 1.165) is 6.54 Å². The molecule has 0 atom stereocenters. The zero-order valence-electron chi connectivity index (χ0n) is 13.5. The second-order valence-corrected chi connectivity index (χ2v) is 5.86. The average molecular weight is 300 g/mol. The van der Waals surface area contributed by atoms with Crippen molar-refractivity contribution in [2.45, 2.75) is 52.7 Å². The predicted octanol–water partition coefficient (Wildman–Crippen LogP) is 4.30. The van der Waals surface area contributed by atoms with Crippen LogP contribution < -0.4 is 0 Å². The van der Waals surface area contributed by atoms with Gasteiger partial charge in [0.2, 0.25) is 0 Å². The van der Waals surface area contributed by atoms with Crippen molar-refractivity contribution in [3.8, 4) is 0 Å². The van der Waals surface area contributed by atoms with E-state index in [9.17, 15) is 4.79 Å². The van der Waals surface area contributed by atoms with Crippen LogP contribution in [0.2, 0.25) is 0 Å². The number of hydrogen-bond donors (Lipinski definition) is 0. The van der Waals surface area contributed by atoms with Gasteiger partial charge in [0.1, 0.15) is 0 Å². The number of fused-ring (bicyclic) bond motifs is 3. The number of nitrogens with zero attached hydrogens (tertiary/aromatic N) is 2. The highest BCUT2D eigenvalue weighted by Crippen LogP contribution is 2.33. The van der Waals surface area contributed by atoms with Gasteiger partial charge >= 0.3 is 6.09 Å². The number of benzene rings is 1. The fourth-order valence-corrected chi connectivity index (χ4v) is 3.33. The summed E-state index contributed by atoms with van der Waals surface area (Å²) in [6, 6.07) is 8.52. The summed E-state index contributed by atoms with van der Waals surface area (Å²) in [6.07, 6.45) is 3.43. The zero-order chi connectivity index (χ0) is 15.5. The van der Waals surface area contributed by atoms with E-state index in [-0.39, 0.29) is 6.09 Å². The standard InChI is InChI=1S/C18H24N2O2/c1-3-5-8-11-20-16-10-7-6-9-14(16)15-12-19(13-17(15)20)18(21)22-4-2/h6-7,9-10H,3-5,8,11-13H2,1-2H3. The van der Waals surface area contributed by atoms with Crippen LogP contribution in [0.25, 0.3) is 10.9 Å². The van der Waals surface area contributed by atoms with Gasteiger partial charge in [-0.1, -0.05) is 38.0 Å². The molecule has 2 heterocycles. The number of hydrogen-bond acceptors (Lipinski definition) is 2. The lowest BCUT2D eigenvalue weighted by Crippen LogP contribution is -2.26. The van der Waals surface area contributed by atoms with Gasteiger partial charge in [-0.2, -0.15) is 0 Å². The number of para-hydroxylation sites is 1. The highest BCUT2D eigenvalue weighted by Gasteiger charge is 2.29. The van der Waals surface area contributed by atoms with Crippen LogP contribution in [0.3, 0.4) is 0 Å². The van der Waals surface area contributed by atoms with Crippen LogP contribution >= 0.6 is 0 Å². The molecule has 22 heavy (non-hydrogen) atoms. The Bertz CT molecular complexity index is 675. The molecule has 0 unspecified atom stereocenters.